The number of piperidine rings is 1. The molecule has 0 amide bonds. The number of aromatic nitrogens is 3. The van der Waals surface area contributed by atoms with E-state index in [2.05, 4.69) is 48.3 Å². The highest BCUT2D eigenvalue weighted by Crippen LogP contribution is 2.32. The van der Waals surface area contributed by atoms with Crippen LogP contribution in [0.1, 0.15) is 46.1 Å². The summed E-state index contributed by atoms with van der Waals surface area (Å²) >= 11 is 0. The lowest BCUT2D eigenvalue weighted by atomic mass is 9.80. The molecular formula is C24H27FN6. The summed E-state index contributed by atoms with van der Waals surface area (Å²) < 4.78 is 14.5. The minimum Gasteiger partial charge on any atom is -0.360 e. The molecule has 0 aliphatic carbocycles. The van der Waals surface area contributed by atoms with Gasteiger partial charge < -0.3 is 15.6 Å². The van der Waals surface area contributed by atoms with Crippen LogP contribution in [-0.2, 0) is 0 Å². The Balaban J connectivity index is 1.63. The monoisotopic (exact) mass is 418 g/mol. The maximum atomic E-state index is 14.5. The molecule has 0 unspecified atom stereocenters. The molecule has 1 fully saturated rings. The van der Waals surface area contributed by atoms with Crippen LogP contribution in [0.4, 0.5) is 10.3 Å². The van der Waals surface area contributed by atoms with E-state index < -0.39 is 0 Å². The van der Waals surface area contributed by atoms with Crippen LogP contribution >= 0.6 is 0 Å². The molecule has 31 heavy (non-hydrogen) atoms. The number of aromatic amines is 1. The zero-order valence-corrected chi connectivity index (χ0v) is 18.3. The molecule has 1 aliphatic rings. The predicted molar refractivity (Wildman–Crippen MR) is 122 cm³/mol. The number of allylic oxidation sites excluding steroid dienone is 1. The number of nitrogens with one attached hydrogen (secondary N) is 3. The van der Waals surface area contributed by atoms with Crippen molar-refractivity contribution >= 4 is 22.9 Å². The summed E-state index contributed by atoms with van der Waals surface area (Å²) in [6, 6.07) is 7.13. The van der Waals surface area contributed by atoms with Gasteiger partial charge in [0.25, 0.3) is 0 Å². The number of rotatable bonds is 4. The van der Waals surface area contributed by atoms with E-state index in [1.807, 2.05) is 18.3 Å². The van der Waals surface area contributed by atoms with Crippen LogP contribution in [0.5, 0.6) is 0 Å². The van der Waals surface area contributed by atoms with Crippen molar-refractivity contribution in [3.05, 3.63) is 48.0 Å². The Hall–Kier alpha value is -3.24. The fraction of sp³-hybridized carbons (Fsp3) is 0.375. The predicted octanol–water partition coefficient (Wildman–Crippen LogP) is 5.02. The molecule has 0 atom stereocenters. The standard InChI is InChI=1S/C24H27FN6/c1-23(2)12-16(13-24(3,4)31-23)29-22-27-9-7-20(30-22)18-14-28-21-10-15(6-5-8-26)19(25)11-17(18)21/h5-7,9-11,14,16,28,31H,12-13H2,1-4H3,(H,27,29,30)/b6-5+. The van der Waals surface area contributed by atoms with Gasteiger partial charge in [-0.3, -0.25) is 0 Å². The maximum Gasteiger partial charge on any atom is 0.223 e. The lowest BCUT2D eigenvalue weighted by Crippen LogP contribution is -2.60. The molecule has 0 radical (unpaired) electrons. The van der Waals surface area contributed by atoms with Crippen molar-refractivity contribution in [2.45, 2.75) is 57.7 Å². The first-order valence-electron chi connectivity index (χ1n) is 10.4. The fourth-order valence-electron chi connectivity index (χ4n) is 4.81. The molecular weight excluding hydrogens is 391 g/mol. The topological polar surface area (TPSA) is 89.4 Å². The zero-order chi connectivity index (χ0) is 22.2. The number of hydrogen-bond donors (Lipinski definition) is 3. The lowest BCUT2D eigenvalue weighted by Gasteiger charge is -2.46. The summed E-state index contributed by atoms with van der Waals surface area (Å²) in [5, 5.41) is 16.6. The summed E-state index contributed by atoms with van der Waals surface area (Å²) in [6.45, 7) is 8.84. The number of halogens is 1. The molecule has 1 saturated heterocycles. The minimum atomic E-state index is -0.383. The number of fused-ring (bicyclic) bond motifs is 1. The van der Waals surface area contributed by atoms with Crippen molar-refractivity contribution < 1.29 is 4.39 Å². The van der Waals surface area contributed by atoms with Gasteiger partial charge in [0.2, 0.25) is 5.95 Å². The van der Waals surface area contributed by atoms with Crippen LogP contribution in [0.25, 0.3) is 28.2 Å². The van der Waals surface area contributed by atoms with Gasteiger partial charge in [0.05, 0.1) is 11.8 Å². The number of hydrogen-bond acceptors (Lipinski definition) is 5. The summed E-state index contributed by atoms with van der Waals surface area (Å²) in [7, 11) is 0. The van der Waals surface area contributed by atoms with E-state index in [0.717, 1.165) is 35.0 Å². The number of nitriles is 1. The van der Waals surface area contributed by atoms with Crippen LogP contribution in [0, 0.1) is 17.1 Å². The average molecular weight is 419 g/mol. The Kier molecular flexibility index (Phi) is 5.28. The molecule has 0 spiro atoms. The van der Waals surface area contributed by atoms with Gasteiger partial charge in [-0.2, -0.15) is 5.26 Å². The molecule has 0 bridgehead atoms. The highest BCUT2D eigenvalue weighted by molar-refractivity contribution is 5.95. The van der Waals surface area contributed by atoms with Gasteiger partial charge in [-0.1, -0.05) is 0 Å². The SMILES string of the molecule is CC1(C)CC(Nc2nccc(-c3c[nH]c4cc(/C=C/C#N)c(F)cc34)n2)CC(C)(C)N1. The van der Waals surface area contributed by atoms with Crippen molar-refractivity contribution in [3.8, 4) is 17.3 Å². The molecule has 1 aliphatic heterocycles. The Bertz CT molecular complexity index is 1170. The molecule has 2 aromatic heterocycles. The maximum absolute atomic E-state index is 14.5. The molecule has 3 heterocycles. The van der Waals surface area contributed by atoms with E-state index in [1.54, 1.807) is 12.3 Å². The van der Waals surface area contributed by atoms with Crippen LogP contribution < -0.4 is 10.6 Å². The zero-order valence-electron chi connectivity index (χ0n) is 18.3. The molecule has 1 aromatic carbocycles. The summed E-state index contributed by atoms with van der Waals surface area (Å²) in [6.07, 6.45) is 8.19. The molecule has 4 rings (SSSR count). The molecule has 3 N–H and O–H groups in total. The van der Waals surface area contributed by atoms with Gasteiger partial charge in [0.15, 0.2) is 0 Å². The molecule has 0 saturated carbocycles. The number of benzene rings is 1. The van der Waals surface area contributed by atoms with Crippen molar-refractivity contribution in [2.24, 2.45) is 0 Å². The van der Waals surface area contributed by atoms with Crippen molar-refractivity contribution in [3.63, 3.8) is 0 Å². The van der Waals surface area contributed by atoms with E-state index in [9.17, 15) is 4.39 Å². The van der Waals surface area contributed by atoms with Crippen molar-refractivity contribution in [2.75, 3.05) is 5.32 Å². The van der Waals surface area contributed by atoms with Gasteiger partial charge in [-0.15, -0.1) is 0 Å². The largest absolute Gasteiger partial charge is 0.360 e. The van der Waals surface area contributed by atoms with E-state index in [1.165, 1.54) is 18.2 Å². The molecule has 7 heteroatoms. The fourth-order valence-corrected chi connectivity index (χ4v) is 4.81. The first-order chi connectivity index (χ1) is 14.7. The third kappa shape index (κ3) is 4.59. The number of H-pyrrole nitrogens is 1. The first-order valence-corrected chi connectivity index (χ1v) is 10.4. The highest BCUT2D eigenvalue weighted by Gasteiger charge is 2.37. The summed E-state index contributed by atoms with van der Waals surface area (Å²) in [5.41, 5.74) is 2.70. The third-order valence-electron chi connectivity index (χ3n) is 5.59. The van der Waals surface area contributed by atoms with Gasteiger partial charge in [0, 0.05) is 57.6 Å². The second-order valence-corrected chi connectivity index (χ2v) is 9.49. The van der Waals surface area contributed by atoms with E-state index in [4.69, 9.17) is 10.2 Å². The second-order valence-electron chi connectivity index (χ2n) is 9.49. The molecule has 3 aromatic rings. The Morgan fingerprint density at radius 1 is 1.23 bits per heavy atom. The average Bonchev–Trinajstić information content (AvgIpc) is 3.06. The van der Waals surface area contributed by atoms with Crippen LogP contribution in [0.3, 0.4) is 0 Å². The van der Waals surface area contributed by atoms with Gasteiger partial charge in [0.1, 0.15) is 5.82 Å². The van der Waals surface area contributed by atoms with E-state index in [0.29, 0.717) is 11.5 Å². The first kappa shape index (κ1) is 21.0. The van der Waals surface area contributed by atoms with Gasteiger partial charge in [-0.25, -0.2) is 14.4 Å². The van der Waals surface area contributed by atoms with Crippen LogP contribution in [0.2, 0.25) is 0 Å². The Morgan fingerprint density at radius 3 is 2.68 bits per heavy atom. The van der Waals surface area contributed by atoms with Crippen molar-refractivity contribution in [1.82, 2.24) is 20.3 Å². The van der Waals surface area contributed by atoms with E-state index in [-0.39, 0.29) is 22.9 Å². The molecule has 160 valence electrons. The van der Waals surface area contributed by atoms with Gasteiger partial charge in [-0.05, 0) is 64.8 Å². The summed E-state index contributed by atoms with van der Waals surface area (Å²) in [4.78, 5) is 12.3. The molecule has 6 nitrogen and oxygen atoms in total. The lowest BCUT2D eigenvalue weighted by molar-refractivity contribution is 0.170. The second kappa shape index (κ2) is 7.78. The van der Waals surface area contributed by atoms with Gasteiger partial charge >= 0.3 is 0 Å². The summed E-state index contributed by atoms with van der Waals surface area (Å²) in [5.74, 6) is 0.186. The highest BCUT2D eigenvalue weighted by atomic mass is 19.1. The quantitative estimate of drug-likeness (QED) is 0.518. The third-order valence-corrected chi connectivity index (χ3v) is 5.59. The smallest absolute Gasteiger partial charge is 0.223 e. The Morgan fingerprint density at radius 2 is 1.97 bits per heavy atom. The van der Waals surface area contributed by atoms with Crippen LogP contribution in [-0.4, -0.2) is 32.1 Å². The number of nitrogens with zero attached hydrogens (tertiary/aromatic N) is 3. The Labute approximate surface area is 181 Å². The number of anilines is 1. The van der Waals surface area contributed by atoms with Crippen LogP contribution in [0.15, 0.2) is 36.7 Å². The minimum absolute atomic E-state index is 0.0170. The van der Waals surface area contributed by atoms with E-state index >= 15 is 0 Å². The van der Waals surface area contributed by atoms with Crippen molar-refractivity contribution in [1.29, 1.82) is 5.26 Å². The normalized spacial score (nSPS) is 18.3.